The van der Waals surface area contributed by atoms with Gasteiger partial charge in [-0.15, -0.1) is 11.8 Å². The molecule has 1 aliphatic rings. The van der Waals surface area contributed by atoms with Crippen molar-refractivity contribution < 1.29 is 24.2 Å². The molecule has 13 nitrogen and oxygen atoms in total. The number of rotatable bonds is 7. The zero-order valence-electron chi connectivity index (χ0n) is 24.4. The number of anilines is 1. The molecule has 1 aliphatic heterocycles. The number of hydrogen-bond acceptors (Lipinski definition) is 9. The molecule has 0 saturated carbocycles. The first-order chi connectivity index (χ1) is 19.2. The molecule has 4 heterocycles. The zero-order valence-corrected chi connectivity index (χ0v) is 25.2. The number of carboxylic acid groups (broad SMARTS) is 1. The first-order valence-corrected chi connectivity index (χ1v) is 13.8. The Labute approximate surface area is 242 Å². The summed E-state index contributed by atoms with van der Waals surface area (Å²) in [5.74, 6) is 0.318. The summed E-state index contributed by atoms with van der Waals surface area (Å²) in [6.45, 7) is 9.17. The first kappa shape index (κ1) is 29.8. The number of pyridine rings is 1. The Kier molecular flexibility index (Phi) is 8.24. The normalized spacial score (nSPS) is 12.9. The van der Waals surface area contributed by atoms with E-state index in [2.05, 4.69) is 20.3 Å². The lowest BCUT2D eigenvalue weighted by Crippen LogP contribution is -2.46. The number of methoxy groups -OCH3 is 1. The average Bonchev–Trinajstić information content (AvgIpc) is 3.10. The summed E-state index contributed by atoms with van der Waals surface area (Å²) < 4.78 is 7.21. The second-order valence-electron chi connectivity index (χ2n) is 10.8. The molecule has 4 rings (SSSR count). The van der Waals surface area contributed by atoms with Crippen molar-refractivity contribution in [2.45, 2.75) is 51.7 Å². The monoisotopic (exact) mass is 582 g/mol. The van der Waals surface area contributed by atoms with Gasteiger partial charge in [0.1, 0.15) is 10.8 Å². The van der Waals surface area contributed by atoms with E-state index < -0.39 is 17.5 Å². The molecule has 0 saturated heterocycles. The van der Waals surface area contributed by atoms with Gasteiger partial charge >= 0.3 is 6.09 Å². The Morgan fingerprint density at radius 3 is 2.51 bits per heavy atom. The molecule has 3 amide bonds. The minimum Gasteiger partial charge on any atom is -0.496 e. The van der Waals surface area contributed by atoms with Gasteiger partial charge in [0.05, 0.1) is 37.0 Å². The van der Waals surface area contributed by atoms with E-state index in [1.807, 2.05) is 13.8 Å². The zero-order chi connectivity index (χ0) is 30.2. The predicted octanol–water partition coefficient (Wildman–Crippen LogP) is 2.87. The van der Waals surface area contributed by atoms with Crippen LogP contribution in [0.5, 0.6) is 5.75 Å². The van der Waals surface area contributed by atoms with Crippen LogP contribution >= 0.6 is 11.8 Å². The van der Waals surface area contributed by atoms with Crippen molar-refractivity contribution in [1.82, 2.24) is 34.9 Å². The molecule has 2 N–H and O–H groups in total. The fraction of sp³-hybridized carbons (Fsp3) is 0.444. The fourth-order valence-electron chi connectivity index (χ4n) is 4.43. The maximum Gasteiger partial charge on any atom is 0.414 e. The molecular formula is C27H34N8O5S. The molecule has 0 radical (unpaired) electrons. The summed E-state index contributed by atoms with van der Waals surface area (Å²) in [7, 11) is 4.83. The van der Waals surface area contributed by atoms with Crippen LogP contribution in [-0.2, 0) is 16.1 Å². The third kappa shape index (κ3) is 5.97. The van der Waals surface area contributed by atoms with Gasteiger partial charge in [-0.05, 0) is 40.7 Å². The van der Waals surface area contributed by atoms with Gasteiger partial charge in [0.25, 0.3) is 0 Å². The van der Waals surface area contributed by atoms with Crippen molar-refractivity contribution in [3.63, 3.8) is 0 Å². The van der Waals surface area contributed by atoms with Crippen LogP contribution in [0.25, 0.3) is 17.1 Å². The number of carbonyl (C=O) groups excluding carboxylic acids is 2. The highest BCUT2D eigenvalue weighted by molar-refractivity contribution is 7.99. The molecule has 0 bridgehead atoms. The molecule has 0 aliphatic carbocycles. The number of nitrogens with one attached hydrogen (secondary N) is 1. The summed E-state index contributed by atoms with van der Waals surface area (Å²) in [5, 5.41) is 18.6. The molecular weight excluding hydrogens is 548 g/mol. The van der Waals surface area contributed by atoms with Gasteiger partial charge in [-0.25, -0.2) is 19.4 Å². The minimum absolute atomic E-state index is 0.00310. The van der Waals surface area contributed by atoms with Crippen molar-refractivity contribution in [1.29, 1.82) is 0 Å². The summed E-state index contributed by atoms with van der Waals surface area (Å²) in [6, 6.07) is 0. The van der Waals surface area contributed by atoms with Crippen LogP contribution < -0.4 is 15.0 Å². The van der Waals surface area contributed by atoms with Crippen LogP contribution in [0.15, 0.2) is 16.8 Å². The number of aryl methyl sites for hydroxylation is 1. The van der Waals surface area contributed by atoms with Crippen molar-refractivity contribution >= 4 is 52.7 Å². The van der Waals surface area contributed by atoms with Crippen LogP contribution in [0.2, 0.25) is 0 Å². The number of carbonyl (C=O) groups is 3. The molecule has 0 atom stereocenters. The molecule has 0 unspecified atom stereocenters. The molecule has 3 aromatic rings. The van der Waals surface area contributed by atoms with E-state index in [4.69, 9.17) is 9.84 Å². The van der Waals surface area contributed by atoms with Gasteiger partial charge in [-0.2, -0.15) is 10.1 Å². The van der Waals surface area contributed by atoms with Crippen molar-refractivity contribution in [3.8, 4) is 5.75 Å². The Balaban J connectivity index is 1.86. The lowest BCUT2D eigenvalue weighted by molar-refractivity contribution is -0.130. The second kappa shape index (κ2) is 11.4. The molecule has 0 fully saturated rings. The Morgan fingerprint density at radius 2 is 1.90 bits per heavy atom. The fourth-order valence-corrected chi connectivity index (χ4v) is 5.42. The molecule has 14 heteroatoms. The molecule has 0 spiro atoms. The highest BCUT2D eigenvalue weighted by atomic mass is 32.2. The smallest absolute Gasteiger partial charge is 0.414 e. The molecule has 218 valence electrons. The van der Waals surface area contributed by atoms with Crippen LogP contribution in [-0.4, -0.2) is 91.7 Å². The first-order valence-electron chi connectivity index (χ1n) is 12.8. The largest absolute Gasteiger partial charge is 0.496 e. The van der Waals surface area contributed by atoms with E-state index >= 15 is 0 Å². The number of thioether (sulfide) groups is 1. The SMILES string of the molecule is COc1c(C)cnc(Cn2nc3c4c(nc(N(C(=O)O)C(C)(C)C)nc42)SCC(C(=O)NCC(=O)N(C)C)=C3)c1C. The maximum absolute atomic E-state index is 13.0. The third-order valence-corrected chi connectivity index (χ3v) is 7.58. The van der Waals surface area contributed by atoms with Crippen molar-refractivity contribution in [3.05, 3.63) is 34.3 Å². The van der Waals surface area contributed by atoms with E-state index in [1.165, 1.54) is 16.7 Å². The summed E-state index contributed by atoms with van der Waals surface area (Å²) in [4.78, 5) is 53.8. The van der Waals surface area contributed by atoms with Gasteiger partial charge < -0.3 is 20.1 Å². The van der Waals surface area contributed by atoms with Gasteiger partial charge in [-0.3, -0.25) is 14.6 Å². The Morgan fingerprint density at radius 1 is 1.20 bits per heavy atom. The van der Waals surface area contributed by atoms with Gasteiger partial charge in [0.15, 0.2) is 5.65 Å². The van der Waals surface area contributed by atoms with Crippen LogP contribution in [0.3, 0.4) is 0 Å². The van der Waals surface area contributed by atoms with E-state index in [9.17, 15) is 19.5 Å². The van der Waals surface area contributed by atoms with Crippen molar-refractivity contribution in [2.75, 3.05) is 38.4 Å². The van der Waals surface area contributed by atoms with E-state index in [1.54, 1.807) is 58.9 Å². The third-order valence-electron chi connectivity index (χ3n) is 6.55. The second-order valence-corrected chi connectivity index (χ2v) is 11.8. The quantitative estimate of drug-likeness (QED) is 0.397. The Hall–Kier alpha value is -4.20. The van der Waals surface area contributed by atoms with E-state index in [0.29, 0.717) is 33.0 Å². The molecule has 0 aromatic carbocycles. The predicted molar refractivity (Wildman–Crippen MR) is 155 cm³/mol. The number of hydrogen-bond donors (Lipinski definition) is 2. The topological polar surface area (TPSA) is 156 Å². The molecule has 3 aromatic heterocycles. The van der Waals surface area contributed by atoms with Crippen LogP contribution in [0.4, 0.5) is 10.7 Å². The number of ether oxygens (including phenoxy) is 1. The number of amides is 3. The minimum atomic E-state index is -1.20. The van der Waals surface area contributed by atoms with Crippen LogP contribution in [0.1, 0.15) is 43.3 Å². The standard InChI is InChI=1S/C27H34N8O5S/c1-14-10-28-18(15(2)21(14)40-8)12-34-22-20-17(32-34)9-16(23(37)29-11-19(36)33(6)7)13-41-24(20)31-25(30-22)35(26(38)39)27(3,4)5/h9-10H,11-13H2,1-8H3,(H,29,37)(H,38,39). The van der Waals surface area contributed by atoms with Crippen molar-refractivity contribution in [2.24, 2.45) is 0 Å². The highest BCUT2D eigenvalue weighted by Crippen LogP contribution is 2.37. The number of likely N-dealkylation sites (N-methyl/N-ethyl adjacent to an activating group) is 1. The van der Waals surface area contributed by atoms with Gasteiger partial charge in [0.2, 0.25) is 17.8 Å². The van der Waals surface area contributed by atoms with Crippen LogP contribution in [0, 0.1) is 13.8 Å². The highest BCUT2D eigenvalue weighted by Gasteiger charge is 2.33. The summed E-state index contributed by atoms with van der Waals surface area (Å²) in [5.41, 5.74) is 2.87. The maximum atomic E-state index is 13.0. The number of nitrogens with zero attached hydrogens (tertiary/aromatic N) is 7. The Bertz CT molecular complexity index is 1570. The van der Waals surface area contributed by atoms with E-state index in [0.717, 1.165) is 21.8 Å². The lowest BCUT2D eigenvalue weighted by atomic mass is 10.1. The van der Waals surface area contributed by atoms with Gasteiger partial charge in [0, 0.05) is 48.3 Å². The van der Waals surface area contributed by atoms with Gasteiger partial charge in [-0.1, -0.05) is 0 Å². The summed E-state index contributed by atoms with van der Waals surface area (Å²) >= 11 is 1.28. The van der Waals surface area contributed by atoms with E-state index in [-0.39, 0.29) is 30.7 Å². The summed E-state index contributed by atoms with van der Waals surface area (Å²) in [6.07, 6.45) is 2.19. The lowest BCUT2D eigenvalue weighted by Gasteiger charge is -2.31. The number of aromatic nitrogens is 5. The molecule has 41 heavy (non-hydrogen) atoms. The average molecular weight is 583 g/mol.